The normalized spacial score (nSPS) is 46.0. The molecule has 0 aromatic rings. The molecular formula is C29H42FN3O2. The van der Waals surface area contributed by atoms with Crippen LogP contribution in [-0.4, -0.2) is 34.5 Å². The van der Waals surface area contributed by atoms with Crippen molar-refractivity contribution in [3.63, 3.8) is 0 Å². The monoisotopic (exact) mass is 483 g/mol. The van der Waals surface area contributed by atoms with E-state index < -0.39 is 11.4 Å². The maximum absolute atomic E-state index is 13.3. The van der Waals surface area contributed by atoms with E-state index in [1.54, 1.807) is 0 Å². The summed E-state index contributed by atoms with van der Waals surface area (Å²) in [6.45, 7) is 7.10. The molecular weight excluding hydrogens is 441 g/mol. The SMILES string of the molecule is CC[C@@]1(O)CC[C@@H]2[C@H]3CC[C@]4(C)[C@@H](C(=O)CN/N=C5/C=CC(F)=CC5=N)CC[C@H]4[C@@H]3CC[C@]2(C)C1. The van der Waals surface area contributed by atoms with Gasteiger partial charge < -0.3 is 10.5 Å². The average molecular weight is 484 g/mol. The molecule has 0 bridgehead atoms. The fourth-order valence-corrected chi connectivity index (χ4v) is 9.24. The van der Waals surface area contributed by atoms with Gasteiger partial charge in [-0.3, -0.25) is 10.2 Å². The van der Waals surface area contributed by atoms with Gasteiger partial charge in [-0.25, -0.2) is 4.39 Å². The first-order chi connectivity index (χ1) is 16.6. The van der Waals surface area contributed by atoms with Crippen LogP contribution in [0.4, 0.5) is 4.39 Å². The first-order valence-electron chi connectivity index (χ1n) is 13.8. The Balaban J connectivity index is 1.24. The number of hydrazone groups is 1. The molecule has 6 heteroatoms. The number of hydrogen-bond donors (Lipinski definition) is 3. The van der Waals surface area contributed by atoms with Gasteiger partial charge in [0.05, 0.1) is 17.9 Å². The number of Topliss-reactive ketones (excluding diaryl/α,β-unsaturated/α-hetero) is 1. The highest BCUT2D eigenvalue weighted by Crippen LogP contribution is 2.67. The summed E-state index contributed by atoms with van der Waals surface area (Å²) in [5.41, 5.74) is 3.08. The van der Waals surface area contributed by atoms with Gasteiger partial charge in [0.1, 0.15) is 11.5 Å². The van der Waals surface area contributed by atoms with Crippen molar-refractivity contribution in [2.75, 3.05) is 6.54 Å². The molecule has 5 aliphatic carbocycles. The highest BCUT2D eigenvalue weighted by molar-refractivity contribution is 6.50. The molecule has 0 aromatic heterocycles. The number of rotatable bonds is 5. The van der Waals surface area contributed by atoms with Crippen molar-refractivity contribution in [1.29, 1.82) is 5.41 Å². The van der Waals surface area contributed by atoms with Crippen LogP contribution in [0.15, 0.2) is 29.2 Å². The minimum atomic E-state index is -0.473. The maximum Gasteiger partial charge on any atom is 0.157 e. The lowest BCUT2D eigenvalue weighted by Crippen LogP contribution is -2.55. The molecule has 0 heterocycles. The molecule has 0 aromatic carbocycles. The molecule has 35 heavy (non-hydrogen) atoms. The van der Waals surface area contributed by atoms with Crippen molar-refractivity contribution in [2.24, 2.45) is 45.5 Å². The second-order valence-corrected chi connectivity index (χ2v) is 12.8. The summed E-state index contributed by atoms with van der Waals surface area (Å²) in [6.07, 6.45) is 14.7. The number of ketones is 1. The molecule has 3 N–H and O–H groups in total. The predicted molar refractivity (Wildman–Crippen MR) is 137 cm³/mol. The van der Waals surface area contributed by atoms with Gasteiger partial charge in [-0.15, -0.1) is 0 Å². The molecule has 192 valence electrons. The van der Waals surface area contributed by atoms with Crippen LogP contribution in [0.5, 0.6) is 0 Å². The van der Waals surface area contributed by atoms with Crippen molar-refractivity contribution in [1.82, 2.24) is 5.43 Å². The summed E-state index contributed by atoms with van der Waals surface area (Å²) in [5, 5.41) is 23.1. The fraction of sp³-hybridized carbons (Fsp3) is 0.759. The van der Waals surface area contributed by atoms with E-state index in [9.17, 15) is 14.3 Å². The Kier molecular flexibility index (Phi) is 6.34. The Morgan fingerprint density at radius 1 is 1.11 bits per heavy atom. The zero-order valence-electron chi connectivity index (χ0n) is 21.6. The predicted octanol–water partition coefficient (Wildman–Crippen LogP) is 5.74. The number of hydrogen-bond acceptors (Lipinski definition) is 5. The molecule has 0 amide bonds. The Morgan fingerprint density at radius 2 is 1.86 bits per heavy atom. The van der Waals surface area contributed by atoms with E-state index in [0.29, 0.717) is 23.5 Å². The van der Waals surface area contributed by atoms with Crippen LogP contribution in [0.25, 0.3) is 0 Å². The molecule has 0 saturated heterocycles. The fourth-order valence-electron chi connectivity index (χ4n) is 9.24. The summed E-state index contributed by atoms with van der Waals surface area (Å²) < 4.78 is 13.2. The lowest BCUT2D eigenvalue weighted by Gasteiger charge is -2.61. The van der Waals surface area contributed by atoms with Gasteiger partial charge in [0.25, 0.3) is 0 Å². The highest BCUT2D eigenvalue weighted by atomic mass is 19.1. The quantitative estimate of drug-likeness (QED) is 0.344. The average Bonchev–Trinajstić information content (AvgIpc) is 3.17. The molecule has 5 aliphatic rings. The van der Waals surface area contributed by atoms with E-state index in [-0.39, 0.29) is 34.8 Å². The molecule has 5 nitrogen and oxygen atoms in total. The third-order valence-electron chi connectivity index (χ3n) is 11.1. The topological polar surface area (TPSA) is 85.5 Å². The molecule has 4 fully saturated rings. The molecule has 4 saturated carbocycles. The zero-order chi connectivity index (χ0) is 25.0. The lowest BCUT2D eigenvalue weighted by atomic mass is 9.45. The van der Waals surface area contributed by atoms with Gasteiger partial charge in [-0.05, 0) is 111 Å². The van der Waals surface area contributed by atoms with Crippen molar-refractivity contribution >= 4 is 17.2 Å². The largest absolute Gasteiger partial charge is 0.390 e. The van der Waals surface area contributed by atoms with Gasteiger partial charge in [0, 0.05) is 12.0 Å². The van der Waals surface area contributed by atoms with Crippen LogP contribution in [0.2, 0.25) is 0 Å². The number of allylic oxidation sites excluding steroid dienone is 4. The van der Waals surface area contributed by atoms with E-state index in [1.807, 2.05) is 0 Å². The first kappa shape index (κ1) is 24.9. The molecule has 8 atom stereocenters. The summed E-state index contributed by atoms with van der Waals surface area (Å²) in [4.78, 5) is 13.3. The minimum Gasteiger partial charge on any atom is -0.390 e. The number of nitrogens with zero attached hydrogens (tertiary/aromatic N) is 1. The van der Waals surface area contributed by atoms with Crippen LogP contribution >= 0.6 is 0 Å². The lowest BCUT2D eigenvalue weighted by molar-refractivity contribution is -0.148. The molecule has 0 radical (unpaired) electrons. The Morgan fingerprint density at radius 3 is 2.60 bits per heavy atom. The molecule has 0 spiro atoms. The number of halogens is 1. The number of carbonyl (C=O) groups is 1. The molecule has 0 aliphatic heterocycles. The van der Waals surface area contributed by atoms with Gasteiger partial charge in [0.15, 0.2) is 5.78 Å². The van der Waals surface area contributed by atoms with Crippen LogP contribution < -0.4 is 5.43 Å². The Labute approximate surface area is 209 Å². The first-order valence-corrected chi connectivity index (χ1v) is 13.8. The zero-order valence-corrected chi connectivity index (χ0v) is 21.6. The van der Waals surface area contributed by atoms with Gasteiger partial charge in [0.2, 0.25) is 0 Å². The van der Waals surface area contributed by atoms with E-state index in [2.05, 4.69) is 31.3 Å². The van der Waals surface area contributed by atoms with Gasteiger partial charge in [-0.1, -0.05) is 20.8 Å². The van der Waals surface area contributed by atoms with E-state index in [1.165, 1.54) is 31.4 Å². The van der Waals surface area contributed by atoms with Crippen molar-refractivity contribution < 1.29 is 14.3 Å². The van der Waals surface area contributed by atoms with Crippen LogP contribution in [0.1, 0.15) is 85.0 Å². The highest BCUT2D eigenvalue weighted by Gasteiger charge is 2.61. The number of fused-ring (bicyclic) bond motifs is 5. The number of aliphatic hydroxyl groups is 1. The smallest absolute Gasteiger partial charge is 0.157 e. The molecule has 0 unspecified atom stereocenters. The van der Waals surface area contributed by atoms with Gasteiger partial charge in [-0.2, -0.15) is 5.10 Å². The summed E-state index contributed by atoms with van der Waals surface area (Å²) in [7, 11) is 0. The van der Waals surface area contributed by atoms with E-state index >= 15 is 0 Å². The summed E-state index contributed by atoms with van der Waals surface area (Å²) >= 11 is 0. The maximum atomic E-state index is 13.3. The van der Waals surface area contributed by atoms with Crippen molar-refractivity contribution in [2.45, 2.75) is 90.6 Å². The number of carbonyl (C=O) groups excluding carboxylic acids is 1. The second kappa shape index (κ2) is 8.93. The van der Waals surface area contributed by atoms with Crippen LogP contribution in [0, 0.1) is 45.8 Å². The van der Waals surface area contributed by atoms with Crippen molar-refractivity contribution in [3.8, 4) is 0 Å². The summed E-state index contributed by atoms with van der Waals surface area (Å²) in [5.74, 6) is 2.59. The van der Waals surface area contributed by atoms with Crippen LogP contribution in [-0.2, 0) is 4.79 Å². The Hall–Kier alpha value is -1.82. The third kappa shape index (κ3) is 4.24. The van der Waals surface area contributed by atoms with E-state index in [4.69, 9.17) is 5.41 Å². The second-order valence-electron chi connectivity index (χ2n) is 12.8. The standard InChI is InChI=1S/C29H42FN3O2/c1-4-29(35)14-11-21-19-10-13-28(3)22(20(19)9-12-27(21,2)17-29)6-7-23(28)26(34)16-32-33-25-8-5-18(30)15-24(25)31/h5,8,15,19-23,31-32,35H,4,6-7,9-14,16-17H2,1-3H3/b31-24?,33-25-/t19-,20+,21+,22-,23+,27+,28-,29+/m0/s1. The minimum absolute atomic E-state index is 0.0144. The van der Waals surface area contributed by atoms with E-state index in [0.717, 1.165) is 56.9 Å². The number of nitrogens with one attached hydrogen (secondary N) is 2. The summed E-state index contributed by atoms with van der Waals surface area (Å²) in [6, 6.07) is 0. The third-order valence-corrected chi connectivity index (χ3v) is 11.1. The Bertz CT molecular complexity index is 988. The molecule has 5 rings (SSSR count). The van der Waals surface area contributed by atoms with Gasteiger partial charge >= 0.3 is 0 Å². The van der Waals surface area contributed by atoms with Crippen LogP contribution in [0.3, 0.4) is 0 Å². The van der Waals surface area contributed by atoms with Crippen molar-refractivity contribution in [3.05, 3.63) is 24.1 Å².